The van der Waals surface area contributed by atoms with Gasteiger partial charge in [-0.1, -0.05) is 13.8 Å². The van der Waals surface area contributed by atoms with E-state index >= 15 is 0 Å². The van der Waals surface area contributed by atoms with Crippen LogP contribution >= 0.6 is 27.3 Å². The van der Waals surface area contributed by atoms with Crippen molar-refractivity contribution in [3.8, 4) is 0 Å². The SMILES string of the molecule is CCNC(c1sccc1Br)C(C)c1ccncc1. The fourth-order valence-electron chi connectivity index (χ4n) is 2.10. The van der Waals surface area contributed by atoms with E-state index in [4.69, 9.17) is 0 Å². The van der Waals surface area contributed by atoms with Crippen LogP contribution in [-0.2, 0) is 0 Å². The summed E-state index contributed by atoms with van der Waals surface area (Å²) in [7, 11) is 0. The molecule has 2 heterocycles. The molecule has 2 aromatic heterocycles. The molecule has 0 aromatic carbocycles. The number of halogens is 1. The maximum absolute atomic E-state index is 4.09. The van der Waals surface area contributed by atoms with E-state index in [1.165, 1.54) is 14.9 Å². The first kappa shape index (κ1) is 13.7. The van der Waals surface area contributed by atoms with E-state index in [2.05, 4.69) is 63.7 Å². The molecule has 96 valence electrons. The van der Waals surface area contributed by atoms with E-state index in [1.807, 2.05) is 12.4 Å². The number of hydrogen-bond acceptors (Lipinski definition) is 3. The maximum atomic E-state index is 4.09. The smallest absolute Gasteiger partial charge is 0.0493 e. The Kier molecular flexibility index (Phi) is 4.92. The van der Waals surface area contributed by atoms with Crippen molar-refractivity contribution in [2.45, 2.75) is 25.8 Å². The van der Waals surface area contributed by atoms with Crippen molar-refractivity contribution < 1.29 is 0 Å². The number of thiophene rings is 1. The quantitative estimate of drug-likeness (QED) is 0.883. The molecule has 2 rings (SSSR count). The van der Waals surface area contributed by atoms with Crippen LogP contribution in [0.4, 0.5) is 0 Å². The van der Waals surface area contributed by atoms with Gasteiger partial charge in [-0.3, -0.25) is 4.98 Å². The summed E-state index contributed by atoms with van der Waals surface area (Å²) in [6, 6.07) is 6.64. The number of rotatable bonds is 5. The standard InChI is InChI=1S/C14H17BrN2S/c1-3-17-13(14-12(15)6-9-18-14)10(2)11-4-7-16-8-5-11/h4-10,13,17H,3H2,1-2H3. The predicted molar refractivity (Wildman–Crippen MR) is 81.1 cm³/mol. The van der Waals surface area contributed by atoms with Crippen LogP contribution in [0.5, 0.6) is 0 Å². The summed E-state index contributed by atoms with van der Waals surface area (Å²) in [6.07, 6.45) is 3.72. The summed E-state index contributed by atoms with van der Waals surface area (Å²) >= 11 is 5.43. The number of pyridine rings is 1. The summed E-state index contributed by atoms with van der Waals surface area (Å²) in [5.74, 6) is 0.419. The van der Waals surface area contributed by atoms with Gasteiger partial charge in [-0.05, 0) is 51.6 Å². The van der Waals surface area contributed by atoms with Gasteiger partial charge in [-0.15, -0.1) is 11.3 Å². The van der Waals surface area contributed by atoms with E-state index in [0.717, 1.165) is 6.54 Å². The largest absolute Gasteiger partial charge is 0.309 e. The fourth-order valence-corrected chi connectivity index (χ4v) is 3.90. The summed E-state index contributed by atoms with van der Waals surface area (Å²) < 4.78 is 1.19. The van der Waals surface area contributed by atoms with E-state index in [9.17, 15) is 0 Å². The molecule has 18 heavy (non-hydrogen) atoms. The van der Waals surface area contributed by atoms with Gasteiger partial charge in [0.05, 0.1) is 0 Å². The minimum absolute atomic E-state index is 0.340. The zero-order valence-corrected chi connectivity index (χ0v) is 13.0. The van der Waals surface area contributed by atoms with Crippen molar-refractivity contribution in [2.24, 2.45) is 0 Å². The van der Waals surface area contributed by atoms with Gasteiger partial charge in [0, 0.05) is 33.7 Å². The lowest BCUT2D eigenvalue weighted by molar-refractivity contribution is 0.485. The third-order valence-corrected chi connectivity index (χ3v) is 5.04. The van der Waals surface area contributed by atoms with Crippen molar-refractivity contribution in [3.05, 3.63) is 50.9 Å². The first-order valence-corrected chi connectivity index (χ1v) is 7.77. The topological polar surface area (TPSA) is 24.9 Å². The molecule has 0 fully saturated rings. The number of nitrogens with zero attached hydrogens (tertiary/aromatic N) is 1. The van der Waals surface area contributed by atoms with E-state index in [1.54, 1.807) is 11.3 Å². The van der Waals surface area contributed by atoms with Gasteiger partial charge in [0.15, 0.2) is 0 Å². The van der Waals surface area contributed by atoms with Crippen LogP contribution in [0, 0.1) is 0 Å². The van der Waals surface area contributed by atoms with E-state index < -0.39 is 0 Å². The molecule has 0 amide bonds. The first-order valence-electron chi connectivity index (χ1n) is 6.10. The lowest BCUT2D eigenvalue weighted by Gasteiger charge is -2.24. The molecule has 0 bridgehead atoms. The normalized spacial score (nSPS) is 14.4. The van der Waals surface area contributed by atoms with Crippen LogP contribution in [0.25, 0.3) is 0 Å². The molecule has 2 atom stereocenters. The monoisotopic (exact) mass is 324 g/mol. The second kappa shape index (κ2) is 6.45. The molecule has 2 unspecified atom stereocenters. The second-order valence-corrected chi connectivity index (χ2v) is 6.04. The first-order chi connectivity index (χ1) is 8.74. The third kappa shape index (κ3) is 2.99. The lowest BCUT2D eigenvalue weighted by Crippen LogP contribution is -2.25. The Morgan fingerprint density at radius 3 is 2.61 bits per heavy atom. The van der Waals surface area contributed by atoms with Crippen molar-refractivity contribution in [1.82, 2.24) is 10.3 Å². The van der Waals surface area contributed by atoms with Crippen LogP contribution in [0.2, 0.25) is 0 Å². The van der Waals surface area contributed by atoms with Gasteiger partial charge in [0.25, 0.3) is 0 Å². The molecule has 4 heteroatoms. The Bertz CT molecular complexity index is 484. The Morgan fingerprint density at radius 1 is 1.33 bits per heavy atom. The average molecular weight is 325 g/mol. The molecule has 0 aliphatic carbocycles. The highest BCUT2D eigenvalue weighted by molar-refractivity contribution is 9.10. The molecular weight excluding hydrogens is 308 g/mol. The number of aromatic nitrogens is 1. The summed E-state index contributed by atoms with van der Waals surface area (Å²) in [5, 5.41) is 5.71. The molecule has 0 spiro atoms. The van der Waals surface area contributed by atoms with Gasteiger partial charge in [-0.2, -0.15) is 0 Å². The van der Waals surface area contributed by atoms with Crippen LogP contribution < -0.4 is 5.32 Å². The van der Waals surface area contributed by atoms with E-state index in [0.29, 0.717) is 12.0 Å². The lowest BCUT2D eigenvalue weighted by atomic mass is 9.93. The molecule has 0 radical (unpaired) electrons. The molecule has 1 N–H and O–H groups in total. The van der Waals surface area contributed by atoms with Crippen molar-refractivity contribution in [3.63, 3.8) is 0 Å². The molecule has 2 aromatic rings. The molecule has 0 aliphatic heterocycles. The Hall–Kier alpha value is -0.710. The molecular formula is C14H17BrN2S. The molecule has 0 saturated carbocycles. The number of likely N-dealkylation sites (N-methyl/N-ethyl adjacent to an activating group) is 1. The van der Waals surface area contributed by atoms with Gasteiger partial charge < -0.3 is 5.32 Å². The van der Waals surface area contributed by atoms with Crippen molar-refractivity contribution in [2.75, 3.05) is 6.54 Å². The number of nitrogens with one attached hydrogen (secondary N) is 1. The highest BCUT2D eigenvalue weighted by atomic mass is 79.9. The highest BCUT2D eigenvalue weighted by Crippen LogP contribution is 2.37. The van der Waals surface area contributed by atoms with Crippen LogP contribution in [0.3, 0.4) is 0 Å². The Labute approximate surface area is 121 Å². The van der Waals surface area contributed by atoms with Crippen molar-refractivity contribution in [1.29, 1.82) is 0 Å². The summed E-state index contributed by atoms with van der Waals surface area (Å²) in [5.41, 5.74) is 1.32. The van der Waals surface area contributed by atoms with Crippen molar-refractivity contribution >= 4 is 27.3 Å². The maximum Gasteiger partial charge on any atom is 0.0493 e. The molecule has 0 saturated heterocycles. The minimum atomic E-state index is 0.340. The Balaban J connectivity index is 2.28. The van der Waals surface area contributed by atoms with Gasteiger partial charge in [-0.25, -0.2) is 0 Å². The fraction of sp³-hybridized carbons (Fsp3) is 0.357. The van der Waals surface area contributed by atoms with Crippen LogP contribution in [0.15, 0.2) is 40.4 Å². The van der Waals surface area contributed by atoms with Gasteiger partial charge in [0.2, 0.25) is 0 Å². The third-order valence-electron chi connectivity index (χ3n) is 3.08. The number of hydrogen-bond donors (Lipinski definition) is 1. The minimum Gasteiger partial charge on any atom is -0.309 e. The molecule has 2 nitrogen and oxygen atoms in total. The zero-order valence-electron chi connectivity index (χ0n) is 10.6. The van der Waals surface area contributed by atoms with E-state index in [-0.39, 0.29) is 0 Å². The van der Waals surface area contributed by atoms with Gasteiger partial charge >= 0.3 is 0 Å². The molecule has 0 aliphatic rings. The second-order valence-electron chi connectivity index (χ2n) is 4.24. The summed E-state index contributed by atoms with van der Waals surface area (Å²) in [6.45, 7) is 5.37. The van der Waals surface area contributed by atoms with Crippen LogP contribution in [0.1, 0.15) is 36.2 Å². The highest BCUT2D eigenvalue weighted by Gasteiger charge is 2.22. The van der Waals surface area contributed by atoms with Gasteiger partial charge in [0.1, 0.15) is 0 Å². The Morgan fingerprint density at radius 2 is 2.06 bits per heavy atom. The average Bonchev–Trinajstić information content (AvgIpc) is 2.82. The summed E-state index contributed by atoms with van der Waals surface area (Å²) in [4.78, 5) is 5.45. The zero-order chi connectivity index (χ0) is 13.0. The predicted octanol–water partition coefficient (Wildman–Crippen LogP) is 4.36. The van der Waals surface area contributed by atoms with Crippen LogP contribution in [-0.4, -0.2) is 11.5 Å².